The summed E-state index contributed by atoms with van der Waals surface area (Å²) in [5.74, 6) is 0.421. The molecule has 0 aliphatic rings. The number of benzene rings is 1. The van der Waals surface area contributed by atoms with Crippen LogP contribution in [0.5, 0.6) is 5.75 Å². The van der Waals surface area contributed by atoms with Gasteiger partial charge in [-0.1, -0.05) is 11.6 Å². The maximum Gasteiger partial charge on any atom is 0.143 e. The molecule has 0 radical (unpaired) electrons. The van der Waals surface area contributed by atoms with E-state index in [0.717, 1.165) is 4.70 Å². The first-order chi connectivity index (χ1) is 6.72. The highest BCUT2D eigenvalue weighted by molar-refractivity contribution is 7.17. The summed E-state index contributed by atoms with van der Waals surface area (Å²) in [6, 6.07) is 3.45. The Morgan fingerprint density at radius 2 is 2.29 bits per heavy atom. The van der Waals surface area contributed by atoms with E-state index in [1.807, 2.05) is 6.92 Å². The van der Waals surface area contributed by atoms with Crippen LogP contribution in [0.3, 0.4) is 0 Å². The molecular weight excluding hydrogens is 223 g/mol. The van der Waals surface area contributed by atoms with Crippen molar-refractivity contribution < 1.29 is 9.13 Å². The first-order valence-corrected chi connectivity index (χ1v) is 5.47. The van der Waals surface area contributed by atoms with Gasteiger partial charge in [-0.2, -0.15) is 0 Å². The second-order valence-corrected chi connectivity index (χ2v) is 4.11. The zero-order chi connectivity index (χ0) is 10.1. The van der Waals surface area contributed by atoms with Crippen LogP contribution >= 0.6 is 22.9 Å². The van der Waals surface area contributed by atoms with Gasteiger partial charge in [0, 0.05) is 15.5 Å². The number of hydrogen-bond donors (Lipinski definition) is 0. The van der Waals surface area contributed by atoms with Crippen LogP contribution < -0.4 is 4.74 Å². The van der Waals surface area contributed by atoms with Gasteiger partial charge in [0.2, 0.25) is 0 Å². The van der Waals surface area contributed by atoms with Gasteiger partial charge in [-0.3, -0.25) is 0 Å². The summed E-state index contributed by atoms with van der Waals surface area (Å²) >= 11 is 7.26. The Kier molecular flexibility index (Phi) is 2.61. The van der Waals surface area contributed by atoms with Crippen molar-refractivity contribution in [2.75, 3.05) is 6.61 Å². The normalized spacial score (nSPS) is 10.8. The van der Waals surface area contributed by atoms with Crippen LogP contribution in [0, 0.1) is 5.82 Å². The molecule has 2 rings (SSSR count). The van der Waals surface area contributed by atoms with Crippen LogP contribution in [0.4, 0.5) is 4.39 Å². The molecule has 0 atom stereocenters. The lowest BCUT2D eigenvalue weighted by molar-refractivity contribution is 0.341. The third kappa shape index (κ3) is 1.57. The van der Waals surface area contributed by atoms with Crippen LogP contribution in [0.1, 0.15) is 6.92 Å². The van der Waals surface area contributed by atoms with Gasteiger partial charge in [0.1, 0.15) is 11.6 Å². The van der Waals surface area contributed by atoms with Gasteiger partial charge in [-0.25, -0.2) is 4.39 Å². The molecule has 0 amide bonds. The highest BCUT2D eigenvalue weighted by Gasteiger charge is 2.09. The smallest absolute Gasteiger partial charge is 0.143 e. The lowest BCUT2D eigenvalue weighted by Crippen LogP contribution is -1.90. The fraction of sp³-hybridized carbons (Fsp3) is 0.200. The summed E-state index contributed by atoms with van der Waals surface area (Å²) in [6.45, 7) is 2.48. The number of halogens is 2. The van der Waals surface area contributed by atoms with Crippen molar-refractivity contribution >= 4 is 33.0 Å². The molecular formula is C10H8ClFOS. The van der Waals surface area contributed by atoms with E-state index in [0.29, 0.717) is 22.8 Å². The van der Waals surface area contributed by atoms with Gasteiger partial charge in [-0.15, -0.1) is 11.3 Å². The predicted molar refractivity (Wildman–Crippen MR) is 58.0 cm³/mol. The molecule has 0 aliphatic heterocycles. The Labute approximate surface area is 90.1 Å². The summed E-state index contributed by atoms with van der Waals surface area (Å²) in [6.07, 6.45) is 0. The van der Waals surface area contributed by atoms with Gasteiger partial charge in [-0.05, 0) is 19.1 Å². The Morgan fingerprint density at radius 3 is 3.00 bits per heavy atom. The molecule has 0 spiro atoms. The molecule has 1 aromatic carbocycles. The van der Waals surface area contributed by atoms with Crippen molar-refractivity contribution in [3.8, 4) is 5.75 Å². The molecule has 0 fully saturated rings. The van der Waals surface area contributed by atoms with E-state index in [4.69, 9.17) is 16.3 Å². The highest BCUT2D eigenvalue weighted by atomic mass is 35.5. The average molecular weight is 231 g/mol. The van der Waals surface area contributed by atoms with E-state index in [-0.39, 0.29) is 5.82 Å². The van der Waals surface area contributed by atoms with Crippen molar-refractivity contribution in [2.45, 2.75) is 6.92 Å². The fourth-order valence-corrected chi connectivity index (χ4v) is 2.52. The first-order valence-electron chi connectivity index (χ1n) is 4.21. The van der Waals surface area contributed by atoms with E-state index in [9.17, 15) is 4.39 Å². The van der Waals surface area contributed by atoms with Gasteiger partial charge in [0.15, 0.2) is 0 Å². The van der Waals surface area contributed by atoms with E-state index in [1.165, 1.54) is 16.7 Å². The highest BCUT2D eigenvalue weighted by Crippen LogP contribution is 2.34. The van der Waals surface area contributed by atoms with Crippen molar-refractivity contribution in [1.82, 2.24) is 0 Å². The lowest BCUT2D eigenvalue weighted by atomic mass is 10.2. The molecule has 0 unspecified atom stereocenters. The fourth-order valence-electron chi connectivity index (χ4n) is 1.31. The van der Waals surface area contributed by atoms with Gasteiger partial charge < -0.3 is 4.74 Å². The summed E-state index contributed by atoms with van der Waals surface area (Å²) in [7, 11) is 0. The number of ether oxygens (including phenoxy) is 1. The molecule has 1 aromatic heterocycles. The Bertz CT molecular complexity index is 466. The van der Waals surface area contributed by atoms with E-state index < -0.39 is 0 Å². The minimum atomic E-state index is -0.266. The maximum absolute atomic E-state index is 13.2. The van der Waals surface area contributed by atoms with Crippen LogP contribution in [-0.2, 0) is 0 Å². The van der Waals surface area contributed by atoms with Crippen molar-refractivity contribution in [3.63, 3.8) is 0 Å². The summed E-state index contributed by atoms with van der Waals surface area (Å²) in [5.41, 5.74) is 0. The van der Waals surface area contributed by atoms with E-state index in [2.05, 4.69) is 0 Å². The standard InChI is InChI=1S/C10H8ClFOS/c1-2-13-6-3-7(11)10-8(12)5-14-9(10)4-6/h3-5H,2H2,1H3. The second kappa shape index (κ2) is 3.75. The van der Waals surface area contributed by atoms with E-state index in [1.54, 1.807) is 12.1 Å². The molecule has 74 valence electrons. The zero-order valence-corrected chi connectivity index (χ0v) is 9.08. The Hall–Kier alpha value is -0.800. The topological polar surface area (TPSA) is 9.23 Å². The third-order valence-electron chi connectivity index (χ3n) is 1.87. The maximum atomic E-state index is 13.2. The Morgan fingerprint density at radius 1 is 1.50 bits per heavy atom. The van der Waals surface area contributed by atoms with E-state index >= 15 is 0 Å². The zero-order valence-electron chi connectivity index (χ0n) is 7.51. The number of thiophene rings is 1. The quantitative estimate of drug-likeness (QED) is 0.755. The molecule has 4 heteroatoms. The molecule has 0 saturated heterocycles. The Balaban J connectivity index is 2.62. The minimum absolute atomic E-state index is 0.266. The van der Waals surface area contributed by atoms with Crippen LogP contribution in [0.2, 0.25) is 5.02 Å². The predicted octanol–water partition coefficient (Wildman–Crippen LogP) is 4.09. The molecule has 0 saturated carbocycles. The lowest BCUT2D eigenvalue weighted by Gasteiger charge is -2.03. The monoisotopic (exact) mass is 230 g/mol. The molecule has 14 heavy (non-hydrogen) atoms. The first kappa shape index (κ1) is 9.74. The van der Waals surface area contributed by atoms with Crippen LogP contribution in [0.15, 0.2) is 17.5 Å². The van der Waals surface area contributed by atoms with Crippen molar-refractivity contribution in [1.29, 1.82) is 0 Å². The van der Waals surface area contributed by atoms with Crippen molar-refractivity contribution in [3.05, 3.63) is 28.4 Å². The third-order valence-corrected chi connectivity index (χ3v) is 3.07. The average Bonchev–Trinajstić information content (AvgIpc) is 2.48. The number of hydrogen-bond acceptors (Lipinski definition) is 2. The summed E-state index contributed by atoms with van der Waals surface area (Å²) in [4.78, 5) is 0. The van der Waals surface area contributed by atoms with Crippen molar-refractivity contribution in [2.24, 2.45) is 0 Å². The van der Waals surface area contributed by atoms with Gasteiger partial charge in [0.05, 0.1) is 11.6 Å². The molecule has 2 aromatic rings. The molecule has 1 heterocycles. The molecule has 0 bridgehead atoms. The molecule has 0 aliphatic carbocycles. The van der Waals surface area contributed by atoms with Crippen LogP contribution in [0.25, 0.3) is 10.1 Å². The van der Waals surface area contributed by atoms with Gasteiger partial charge >= 0.3 is 0 Å². The number of rotatable bonds is 2. The summed E-state index contributed by atoms with van der Waals surface area (Å²) in [5, 5.41) is 2.34. The van der Waals surface area contributed by atoms with Gasteiger partial charge in [0.25, 0.3) is 0 Å². The second-order valence-electron chi connectivity index (χ2n) is 2.79. The SMILES string of the molecule is CCOc1cc(Cl)c2c(F)csc2c1. The largest absolute Gasteiger partial charge is 0.494 e. The minimum Gasteiger partial charge on any atom is -0.494 e. The summed E-state index contributed by atoms with van der Waals surface area (Å²) < 4.78 is 19.3. The van der Waals surface area contributed by atoms with Crippen LogP contribution in [-0.4, -0.2) is 6.61 Å². The number of fused-ring (bicyclic) bond motifs is 1. The molecule has 1 nitrogen and oxygen atoms in total. The molecule has 0 N–H and O–H groups in total.